The van der Waals surface area contributed by atoms with E-state index in [1.807, 2.05) is 11.4 Å². The van der Waals surface area contributed by atoms with Crippen molar-refractivity contribution in [2.75, 3.05) is 13.1 Å². The van der Waals surface area contributed by atoms with Gasteiger partial charge in [-0.25, -0.2) is 0 Å². The standard InChI is InChI=1S/C27H32N2O4S/c30-20-5-4-18-13-21-27(32)9-7-19(28-22(31)6-3-17-8-12-34-15-17)25-26(27,23(18)24(20)33-25)10-11-29(21)14-16-1-2-16/h4-5,8,12,15-16,19,21,25,30,32H,1-3,6-7,9-11,13-14H2,(H,28,31)/t19-,21+,25-,26-,27+/m0/s1. The minimum Gasteiger partial charge on any atom is -0.504 e. The number of phenols is 1. The minimum absolute atomic E-state index is 0.0283. The normalized spacial score (nSPS) is 35.5. The van der Waals surface area contributed by atoms with Gasteiger partial charge in [-0.15, -0.1) is 0 Å². The number of nitrogens with zero attached hydrogens (tertiary/aromatic N) is 1. The molecule has 2 saturated carbocycles. The predicted molar refractivity (Wildman–Crippen MR) is 129 cm³/mol. The highest BCUT2D eigenvalue weighted by Gasteiger charge is 2.73. The number of hydrogen-bond acceptors (Lipinski definition) is 6. The molecule has 7 rings (SSSR count). The number of rotatable bonds is 6. The third kappa shape index (κ3) is 2.90. The fraction of sp³-hybridized carbons (Fsp3) is 0.593. The molecule has 1 saturated heterocycles. The maximum atomic E-state index is 12.9. The molecule has 5 atom stereocenters. The van der Waals surface area contributed by atoms with Gasteiger partial charge in [0, 0.05) is 24.6 Å². The SMILES string of the molecule is O=C(CCc1ccsc1)N[C@H]1CC[C@@]2(O)[C@H]3Cc4ccc(O)c5c4[C@@]2(CCN3CC2CC2)[C@H]1O5. The summed E-state index contributed by atoms with van der Waals surface area (Å²) in [5, 5.41) is 30.6. The molecule has 7 heteroatoms. The number of nitrogens with one attached hydrogen (secondary N) is 1. The van der Waals surface area contributed by atoms with E-state index in [1.54, 1.807) is 17.4 Å². The van der Waals surface area contributed by atoms with Gasteiger partial charge in [0.1, 0.15) is 6.10 Å². The molecule has 0 radical (unpaired) electrons. The zero-order valence-electron chi connectivity index (χ0n) is 19.3. The van der Waals surface area contributed by atoms with E-state index in [4.69, 9.17) is 4.74 Å². The Kier molecular flexibility index (Phi) is 4.65. The van der Waals surface area contributed by atoms with Crippen LogP contribution in [0.5, 0.6) is 11.5 Å². The third-order valence-corrected chi connectivity index (χ3v) is 10.1. The van der Waals surface area contributed by atoms with Crippen molar-refractivity contribution >= 4 is 17.2 Å². The number of thiophene rings is 1. The molecule has 3 N–H and O–H groups in total. The largest absolute Gasteiger partial charge is 0.504 e. The number of likely N-dealkylation sites (tertiary alicyclic amines) is 1. The molecule has 2 aromatic rings. The Balaban J connectivity index is 1.22. The van der Waals surface area contributed by atoms with Gasteiger partial charge in [-0.3, -0.25) is 9.69 Å². The number of benzene rings is 1. The van der Waals surface area contributed by atoms with Crippen LogP contribution in [0.2, 0.25) is 0 Å². The number of phenolic OH excluding ortho intramolecular Hbond substituents is 1. The number of amides is 1. The molecule has 180 valence electrons. The van der Waals surface area contributed by atoms with Crippen LogP contribution in [0, 0.1) is 5.92 Å². The Labute approximate surface area is 203 Å². The second kappa shape index (κ2) is 7.45. The number of piperidine rings is 1. The van der Waals surface area contributed by atoms with Crippen LogP contribution >= 0.6 is 11.3 Å². The minimum atomic E-state index is -0.908. The maximum Gasteiger partial charge on any atom is 0.220 e. The lowest BCUT2D eigenvalue weighted by Crippen LogP contribution is -2.78. The monoisotopic (exact) mass is 480 g/mol. The first-order chi connectivity index (χ1) is 16.5. The second-order valence-electron chi connectivity index (χ2n) is 11.1. The number of aliphatic hydroxyl groups is 1. The van der Waals surface area contributed by atoms with Gasteiger partial charge >= 0.3 is 0 Å². The Hall–Kier alpha value is -2.09. The van der Waals surface area contributed by atoms with Crippen LogP contribution in [0.1, 0.15) is 55.2 Å². The average Bonchev–Trinajstić information content (AvgIpc) is 3.33. The van der Waals surface area contributed by atoms with Crippen molar-refractivity contribution in [1.82, 2.24) is 10.2 Å². The first kappa shape index (κ1) is 21.2. The van der Waals surface area contributed by atoms with Gasteiger partial charge in [0.15, 0.2) is 11.5 Å². The molecule has 34 heavy (non-hydrogen) atoms. The van der Waals surface area contributed by atoms with E-state index in [9.17, 15) is 15.0 Å². The molecule has 1 aromatic heterocycles. The fourth-order valence-corrected chi connectivity index (χ4v) is 8.30. The highest BCUT2D eigenvalue weighted by molar-refractivity contribution is 7.07. The molecule has 3 heterocycles. The lowest BCUT2D eigenvalue weighted by atomic mass is 9.48. The summed E-state index contributed by atoms with van der Waals surface area (Å²) >= 11 is 1.65. The van der Waals surface area contributed by atoms with Gasteiger partial charge in [-0.2, -0.15) is 11.3 Å². The number of ether oxygens (including phenoxy) is 1. The zero-order valence-corrected chi connectivity index (χ0v) is 20.2. The van der Waals surface area contributed by atoms with Crippen molar-refractivity contribution < 1.29 is 19.7 Å². The molecule has 2 bridgehead atoms. The average molecular weight is 481 g/mol. The number of hydrogen-bond donors (Lipinski definition) is 3. The molecule has 5 aliphatic rings. The Bertz CT molecular complexity index is 1130. The van der Waals surface area contributed by atoms with Crippen LogP contribution in [-0.2, 0) is 23.1 Å². The Morgan fingerprint density at radius 2 is 2.12 bits per heavy atom. The van der Waals surface area contributed by atoms with Gasteiger partial charge < -0.3 is 20.3 Å². The van der Waals surface area contributed by atoms with Gasteiger partial charge in [0.05, 0.1) is 17.1 Å². The van der Waals surface area contributed by atoms with Crippen LogP contribution in [0.3, 0.4) is 0 Å². The quantitative estimate of drug-likeness (QED) is 0.592. The van der Waals surface area contributed by atoms with Crippen LogP contribution in [0.15, 0.2) is 29.0 Å². The van der Waals surface area contributed by atoms with Crippen LogP contribution in [0.25, 0.3) is 0 Å². The van der Waals surface area contributed by atoms with Crippen molar-refractivity contribution in [2.24, 2.45) is 5.92 Å². The summed E-state index contributed by atoms with van der Waals surface area (Å²) < 4.78 is 6.53. The van der Waals surface area contributed by atoms with Crippen LogP contribution < -0.4 is 10.1 Å². The summed E-state index contributed by atoms with van der Waals surface area (Å²) in [5.41, 5.74) is 1.90. The van der Waals surface area contributed by atoms with Crippen molar-refractivity contribution in [3.05, 3.63) is 45.6 Å². The molecule has 1 amide bonds. The first-order valence-electron chi connectivity index (χ1n) is 12.8. The highest BCUT2D eigenvalue weighted by Crippen LogP contribution is 2.65. The van der Waals surface area contributed by atoms with Crippen molar-refractivity contribution in [1.29, 1.82) is 0 Å². The van der Waals surface area contributed by atoms with E-state index in [-0.39, 0.29) is 29.8 Å². The van der Waals surface area contributed by atoms with Crippen molar-refractivity contribution in [3.8, 4) is 11.5 Å². The molecular weight excluding hydrogens is 448 g/mol. The second-order valence-corrected chi connectivity index (χ2v) is 11.9. The van der Waals surface area contributed by atoms with Gasteiger partial charge in [0.25, 0.3) is 0 Å². The van der Waals surface area contributed by atoms with E-state index < -0.39 is 11.0 Å². The van der Waals surface area contributed by atoms with Gasteiger partial charge in [-0.1, -0.05) is 6.07 Å². The predicted octanol–water partition coefficient (Wildman–Crippen LogP) is 3.14. The number of aryl methyl sites for hydroxylation is 1. The Morgan fingerprint density at radius 3 is 2.91 bits per heavy atom. The summed E-state index contributed by atoms with van der Waals surface area (Å²) in [6.45, 7) is 1.99. The summed E-state index contributed by atoms with van der Waals surface area (Å²) in [7, 11) is 0. The molecule has 2 aliphatic heterocycles. The molecule has 1 aromatic carbocycles. The van der Waals surface area contributed by atoms with E-state index in [0.29, 0.717) is 25.0 Å². The highest BCUT2D eigenvalue weighted by atomic mass is 32.1. The molecule has 0 unspecified atom stereocenters. The lowest BCUT2D eigenvalue weighted by Gasteiger charge is -2.64. The van der Waals surface area contributed by atoms with Crippen molar-refractivity contribution in [3.63, 3.8) is 0 Å². The molecule has 1 spiro atoms. The summed E-state index contributed by atoms with van der Waals surface area (Å²) in [6.07, 6.45) is 6.32. The van der Waals surface area contributed by atoms with E-state index >= 15 is 0 Å². The molecule has 6 nitrogen and oxygen atoms in total. The zero-order chi connectivity index (χ0) is 23.1. The summed E-state index contributed by atoms with van der Waals surface area (Å²) in [6, 6.07) is 5.71. The smallest absolute Gasteiger partial charge is 0.220 e. The number of carbonyl (C=O) groups is 1. The first-order valence-corrected chi connectivity index (χ1v) is 13.7. The van der Waals surface area contributed by atoms with E-state index in [0.717, 1.165) is 43.8 Å². The fourth-order valence-electron chi connectivity index (χ4n) is 7.60. The topological polar surface area (TPSA) is 82.0 Å². The Morgan fingerprint density at radius 1 is 1.24 bits per heavy atom. The molecule has 3 fully saturated rings. The summed E-state index contributed by atoms with van der Waals surface area (Å²) in [5.74, 6) is 1.48. The summed E-state index contributed by atoms with van der Waals surface area (Å²) in [4.78, 5) is 15.5. The maximum absolute atomic E-state index is 12.9. The number of carbonyl (C=O) groups excluding carboxylic acids is 1. The molecular formula is C27H32N2O4S. The van der Waals surface area contributed by atoms with Gasteiger partial charge in [-0.05, 0) is 91.4 Å². The van der Waals surface area contributed by atoms with E-state index in [2.05, 4.69) is 21.7 Å². The third-order valence-electron chi connectivity index (χ3n) is 9.33. The number of aromatic hydroxyl groups is 1. The van der Waals surface area contributed by atoms with Crippen LogP contribution in [0.4, 0.5) is 0 Å². The molecule has 3 aliphatic carbocycles. The van der Waals surface area contributed by atoms with E-state index in [1.165, 1.54) is 24.0 Å². The van der Waals surface area contributed by atoms with Crippen molar-refractivity contribution in [2.45, 2.75) is 80.6 Å². The lowest BCUT2D eigenvalue weighted by molar-refractivity contribution is -0.192. The van der Waals surface area contributed by atoms with Crippen LogP contribution in [-0.4, -0.2) is 57.9 Å². The van der Waals surface area contributed by atoms with Gasteiger partial charge in [0.2, 0.25) is 5.91 Å².